The molecule has 0 saturated carbocycles. The van der Waals surface area contributed by atoms with Crippen LogP contribution in [0.4, 0.5) is 0 Å². The van der Waals surface area contributed by atoms with Crippen molar-refractivity contribution in [2.75, 3.05) is 13.7 Å². The minimum absolute atomic E-state index is 0.324. The van der Waals surface area contributed by atoms with Crippen molar-refractivity contribution in [3.8, 4) is 0 Å². The lowest BCUT2D eigenvalue weighted by atomic mass is 9.91. The van der Waals surface area contributed by atoms with Crippen molar-refractivity contribution in [2.24, 2.45) is 0 Å². The summed E-state index contributed by atoms with van der Waals surface area (Å²) in [6.45, 7) is 4.81. The zero-order valence-corrected chi connectivity index (χ0v) is 18.8. The van der Waals surface area contributed by atoms with Gasteiger partial charge in [0.15, 0.2) is 5.78 Å². The van der Waals surface area contributed by atoms with Crippen molar-refractivity contribution in [3.05, 3.63) is 35.9 Å². The van der Waals surface area contributed by atoms with E-state index in [1.165, 1.54) is 18.9 Å². The molecule has 1 saturated heterocycles. The molecular weight excluding hydrogens is 432 g/mol. The van der Waals surface area contributed by atoms with Crippen molar-refractivity contribution < 1.29 is 28.7 Å². The number of halogens is 1. The second kappa shape index (κ2) is 9.80. The number of hydrogen-bond donors (Lipinski definition) is 1. The fraction of sp³-hybridized carbons (Fsp3) is 0.500. The Morgan fingerprint density at radius 1 is 1.23 bits per heavy atom. The molecule has 0 aromatic heterocycles. The summed E-state index contributed by atoms with van der Waals surface area (Å²) >= 11 is 0. The first kappa shape index (κ1) is 24.2. The number of nitrogens with zero attached hydrogens (tertiary/aromatic N) is 1. The molecule has 1 fully saturated rings. The van der Waals surface area contributed by atoms with Gasteiger partial charge in [0.1, 0.15) is 0 Å². The van der Waals surface area contributed by atoms with E-state index in [-0.39, 0.29) is 12.2 Å². The summed E-state index contributed by atoms with van der Waals surface area (Å²) in [5.74, 6) is -2.34. The molecule has 8 nitrogen and oxygen atoms in total. The Labute approximate surface area is 184 Å². The highest BCUT2D eigenvalue weighted by molar-refractivity contribution is 8.22. The van der Waals surface area contributed by atoms with Crippen LogP contribution in [0.1, 0.15) is 44.0 Å². The molecule has 1 aromatic carbocycles. The zero-order chi connectivity index (χ0) is 22.5. The van der Waals surface area contributed by atoms with Crippen LogP contribution in [0.2, 0.25) is 0 Å². The third kappa shape index (κ3) is 4.79. The van der Waals surface area contributed by atoms with Crippen LogP contribution in [0.3, 0.4) is 0 Å². The Bertz CT molecular complexity index is 819. The van der Waals surface area contributed by atoms with Crippen LogP contribution in [-0.4, -0.2) is 58.8 Å². The highest BCUT2D eigenvalue weighted by Crippen LogP contribution is 2.46. The van der Waals surface area contributed by atoms with Crippen LogP contribution in [0.5, 0.6) is 0 Å². The maximum atomic E-state index is 12.8. The number of benzene rings is 1. The number of ether oxygens (including phenoxy) is 2. The van der Waals surface area contributed by atoms with Gasteiger partial charge in [0.2, 0.25) is 5.91 Å². The number of likely N-dealkylation sites (tertiary alicyclic amines) is 1. The van der Waals surface area contributed by atoms with Gasteiger partial charge in [-0.1, -0.05) is 30.3 Å². The maximum Gasteiger partial charge on any atom is 0.368 e. The lowest BCUT2D eigenvalue weighted by molar-refractivity contribution is -0.231. The fourth-order valence-electron chi connectivity index (χ4n) is 3.35. The molecule has 1 amide bonds. The number of carbonyl (C=O) groups is 4. The number of rotatable bonds is 9. The minimum atomic E-state index is -1.86. The number of hydrogen-bond acceptors (Lipinski definition) is 8. The number of methoxy groups -OCH3 is 1. The lowest BCUT2D eigenvalue weighted by Gasteiger charge is -2.55. The molecule has 2 unspecified atom stereocenters. The molecule has 0 radical (unpaired) electrons. The SMILES string of the molecule is COC(=O)C(OC(C)=O)(N1CCC1NC(=O)CC(=O)c1ccccc1)C(C)(C)SCl. The summed E-state index contributed by atoms with van der Waals surface area (Å²) in [4.78, 5) is 51.0. The van der Waals surface area contributed by atoms with Gasteiger partial charge in [0.25, 0.3) is 5.72 Å². The van der Waals surface area contributed by atoms with Crippen molar-refractivity contribution in [1.82, 2.24) is 10.2 Å². The summed E-state index contributed by atoms with van der Waals surface area (Å²) in [6, 6.07) is 8.48. The predicted molar refractivity (Wildman–Crippen MR) is 113 cm³/mol. The highest BCUT2D eigenvalue weighted by atomic mass is 35.7. The van der Waals surface area contributed by atoms with Gasteiger partial charge in [-0.3, -0.25) is 14.4 Å². The summed E-state index contributed by atoms with van der Waals surface area (Å²) in [5, 5.41) is 2.74. The van der Waals surface area contributed by atoms with Gasteiger partial charge >= 0.3 is 11.9 Å². The largest absolute Gasteiger partial charge is 0.465 e. The fourth-order valence-corrected chi connectivity index (χ4v) is 4.01. The Kier molecular flexibility index (Phi) is 7.90. The van der Waals surface area contributed by atoms with Crippen molar-refractivity contribution in [1.29, 1.82) is 0 Å². The Morgan fingerprint density at radius 2 is 1.87 bits per heavy atom. The molecule has 164 valence electrons. The van der Waals surface area contributed by atoms with E-state index in [4.69, 9.17) is 20.2 Å². The third-order valence-corrected chi connectivity index (χ3v) is 6.75. The second-order valence-electron chi connectivity index (χ2n) is 7.35. The Balaban J connectivity index is 2.22. The molecule has 1 aliphatic heterocycles. The molecule has 1 aromatic rings. The molecule has 1 heterocycles. The molecule has 1 N–H and O–H groups in total. The topological polar surface area (TPSA) is 102 Å². The summed E-state index contributed by atoms with van der Waals surface area (Å²) in [6.07, 6.45) is -0.489. The first-order chi connectivity index (χ1) is 14.1. The normalized spacial score (nSPS) is 18.5. The first-order valence-corrected chi connectivity index (χ1v) is 11.0. The lowest BCUT2D eigenvalue weighted by Crippen LogP contribution is -2.76. The van der Waals surface area contributed by atoms with E-state index in [1.807, 2.05) is 0 Å². The van der Waals surface area contributed by atoms with Crippen LogP contribution in [-0.2, 0) is 23.9 Å². The van der Waals surface area contributed by atoms with E-state index in [9.17, 15) is 19.2 Å². The smallest absolute Gasteiger partial charge is 0.368 e. The summed E-state index contributed by atoms with van der Waals surface area (Å²) in [5.41, 5.74) is -1.43. The Morgan fingerprint density at radius 3 is 2.33 bits per heavy atom. The van der Waals surface area contributed by atoms with E-state index >= 15 is 0 Å². The standard InChI is InChI=1S/C20H25ClN2O6S/c1-13(24)29-20(18(27)28-4,19(2,3)30-21)23-11-10-16(23)22-17(26)12-15(25)14-8-6-5-7-9-14/h5-9,16H,10-12H2,1-4H3,(H,22,26). The van der Waals surface area contributed by atoms with Gasteiger partial charge in [-0.2, -0.15) is 0 Å². The van der Waals surface area contributed by atoms with Crippen LogP contribution >= 0.6 is 21.7 Å². The molecule has 2 atom stereocenters. The molecule has 2 rings (SSSR count). The molecule has 0 bridgehead atoms. The van der Waals surface area contributed by atoms with E-state index in [0.717, 1.165) is 11.0 Å². The van der Waals surface area contributed by atoms with Crippen LogP contribution in [0.25, 0.3) is 0 Å². The average molecular weight is 457 g/mol. The molecule has 30 heavy (non-hydrogen) atoms. The molecule has 10 heteroatoms. The van der Waals surface area contributed by atoms with Gasteiger partial charge < -0.3 is 14.8 Å². The zero-order valence-electron chi connectivity index (χ0n) is 17.3. The number of carbonyl (C=O) groups excluding carboxylic acids is 4. The van der Waals surface area contributed by atoms with E-state index in [2.05, 4.69) is 5.32 Å². The van der Waals surface area contributed by atoms with Gasteiger partial charge in [-0.15, -0.1) is 0 Å². The average Bonchev–Trinajstić information content (AvgIpc) is 2.70. The number of amides is 1. The van der Waals surface area contributed by atoms with Crippen LogP contribution < -0.4 is 5.32 Å². The van der Waals surface area contributed by atoms with E-state index < -0.39 is 34.5 Å². The van der Waals surface area contributed by atoms with Crippen molar-refractivity contribution in [3.63, 3.8) is 0 Å². The number of Topliss-reactive ketones (excluding diaryl/α,β-unsaturated/α-hetero) is 1. The predicted octanol–water partition coefficient (Wildman–Crippen LogP) is 2.51. The third-order valence-electron chi connectivity index (χ3n) is 4.93. The molecule has 0 aliphatic carbocycles. The molecule has 1 aliphatic rings. The monoisotopic (exact) mass is 456 g/mol. The highest BCUT2D eigenvalue weighted by Gasteiger charge is 2.64. The van der Waals surface area contributed by atoms with E-state index in [0.29, 0.717) is 18.5 Å². The molecule has 0 spiro atoms. The quantitative estimate of drug-likeness (QED) is 0.343. The maximum absolute atomic E-state index is 12.8. The second-order valence-corrected chi connectivity index (χ2v) is 8.99. The number of esters is 2. The van der Waals surface area contributed by atoms with Crippen molar-refractivity contribution in [2.45, 2.75) is 50.3 Å². The van der Waals surface area contributed by atoms with Crippen LogP contribution in [0.15, 0.2) is 30.3 Å². The van der Waals surface area contributed by atoms with Gasteiger partial charge in [0.05, 0.1) is 24.4 Å². The summed E-state index contributed by atoms with van der Waals surface area (Å²) in [7, 11) is 8.03. The van der Waals surface area contributed by atoms with Gasteiger partial charge in [-0.05, 0) is 41.9 Å². The summed E-state index contributed by atoms with van der Waals surface area (Å²) < 4.78 is 9.33. The Hall–Kier alpha value is -2.10. The van der Waals surface area contributed by atoms with Gasteiger partial charge in [0, 0.05) is 19.0 Å². The number of ketones is 1. The van der Waals surface area contributed by atoms with Crippen molar-refractivity contribution >= 4 is 45.3 Å². The van der Waals surface area contributed by atoms with E-state index in [1.54, 1.807) is 44.2 Å². The number of nitrogens with one attached hydrogen (secondary N) is 1. The van der Waals surface area contributed by atoms with Gasteiger partial charge in [-0.25, -0.2) is 9.69 Å². The molecular formula is C20H25ClN2O6S. The van der Waals surface area contributed by atoms with Crippen LogP contribution in [0, 0.1) is 0 Å². The first-order valence-electron chi connectivity index (χ1n) is 9.31. The minimum Gasteiger partial charge on any atom is -0.465 e.